The predicted octanol–water partition coefficient (Wildman–Crippen LogP) is 4.22. The molecule has 3 rings (SSSR count). The molecule has 130 valence electrons. The second-order valence-corrected chi connectivity index (χ2v) is 6.11. The Morgan fingerprint density at radius 1 is 1.16 bits per heavy atom. The third kappa shape index (κ3) is 3.23. The minimum absolute atomic E-state index is 0.352. The molecular weight excluding hydrogens is 365 g/mol. The van der Waals surface area contributed by atoms with Gasteiger partial charge in [0.2, 0.25) is 0 Å². The predicted molar refractivity (Wildman–Crippen MR) is 97.4 cm³/mol. The van der Waals surface area contributed by atoms with Crippen LogP contribution in [0.4, 0.5) is 5.69 Å². The summed E-state index contributed by atoms with van der Waals surface area (Å²) in [5.41, 5.74) is 2.03. The Bertz CT molecular complexity index is 969. The van der Waals surface area contributed by atoms with Crippen molar-refractivity contribution in [1.82, 2.24) is 9.38 Å². The molecule has 0 bridgehead atoms. The lowest BCUT2D eigenvalue weighted by atomic mass is 10.2. The number of pyridine rings is 1. The average Bonchev–Trinajstić information content (AvgIpc) is 2.91. The molecule has 0 aliphatic rings. The lowest BCUT2D eigenvalue weighted by Gasteiger charge is -2.13. The standard InChI is InChI=1S/C17H15Cl2N3O3/c1-9-16(22-8-10(18)4-5-15(22)20-9)17(23)21-12-7-13(24-2)11(19)6-14(12)25-3/h4-8H,1-3H3,(H,21,23). The van der Waals surface area contributed by atoms with Gasteiger partial charge in [-0.05, 0) is 19.1 Å². The number of anilines is 1. The summed E-state index contributed by atoms with van der Waals surface area (Å²) < 4.78 is 12.1. The fraction of sp³-hybridized carbons (Fsp3) is 0.176. The van der Waals surface area contributed by atoms with Crippen molar-refractivity contribution in [2.45, 2.75) is 6.92 Å². The molecule has 1 N–H and O–H groups in total. The Kier molecular flexibility index (Phi) is 4.74. The van der Waals surface area contributed by atoms with E-state index in [0.717, 1.165) is 0 Å². The number of ether oxygens (including phenoxy) is 2. The van der Waals surface area contributed by atoms with Gasteiger partial charge in [-0.3, -0.25) is 9.20 Å². The molecule has 0 radical (unpaired) electrons. The number of carbonyl (C=O) groups is 1. The number of halogens is 2. The highest BCUT2D eigenvalue weighted by Crippen LogP contribution is 2.36. The van der Waals surface area contributed by atoms with Gasteiger partial charge in [0, 0.05) is 18.3 Å². The molecule has 0 spiro atoms. The number of carbonyl (C=O) groups excluding carboxylic acids is 1. The molecular formula is C17H15Cl2N3O3. The maximum atomic E-state index is 12.8. The largest absolute Gasteiger partial charge is 0.495 e. The molecule has 1 aromatic carbocycles. The zero-order chi connectivity index (χ0) is 18.1. The van der Waals surface area contributed by atoms with Crippen molar-refractivity contribution in [3.63, 3.8) is 0 Å². The highest BCUT2D eigenvalue weighted by atomic mass is 35.5. The van der Waals surface area contributed by atoms with Crippen LogP contribution in [0.2, 0.25) is 10.0 Å². The average molecular weight is 380 g/mol. The van der Waals surface area contributed by atoms with Crippen LogP contribution in [0.1, 0.15) is 16.2 Å². The molecule has 0 unspecified atom stereocenters. The summed E-state index contributed by atoms with van der Waals surface area (Å²) in [7, 11) is 2.99. The van der Waals surface area contributed by atoms with Gasteiger partial charge in [0.05, 0.1) is 35.6 Å². The van der Waals surface area contributed by atoms with Crippen molar-refractivity contribution in [1.29, 1.82) is 0 Å². The van der Waals surface area contributed by atoms with Crippen molar-refractivity contribution >= 4 is 40.4 Å². The molecule has 8 heteroatoms. The minimum Gasteiger partial charge on any atom is -0.495 e. The summed E-state index contributed by atoms with van der Waals surface area (Å²) in [6, 6.07) is 6.65. The van der Waals surface area contributed by atoms with Crippen molar-refractivity contribution in [2.75, 3.05) is 19.5 Å². The van der Waals surface area contributed by atoms with Crippen molar-refractivity contribution in [2.24, 2.45) is 0 Å². The molecule has 3 aromatic rings. The van der Waals surface area contributed by atoms with Gasteiger partial charge in [0.1, 0.15) is 22.8 Å². The number of fused-ring (bicyclic) bond motifs is 1. The third-order valence-corrected chi connectivity index (χ3v) is 4.21. The minimum atomic E-state index is -0.352. The number of imidazole rings is 1. The van der Waals surface area contributed by atoms with Crippen LogP contribution in [0.5, 0.6) is 11.5 Å². The lowest BCUT2D eigenvalue weighted by molar-refractivity contribution is 0.102. The first-order valence-electron chi connectivity index (χ1n) is 7.31. The molecule has 6 nitrogen and oxygen atoms in total. The Morgan fingerprint density at radius 2 is 1.88 bits per heavy atom. The van der Waals surface area contributed by atoms with Gasteiger partial charge in [-0.1, -0.05) is 23.2 Å². The van der Waals surface area contributed by atoms with Gasteiger partial charge in [0.15, 0.2) is 0 Å². The zero-order valence-corrected chi connectivity index (χ0v) is 15.3. The van der Waals surface area contributed by atoms with Crippen LogP contribution in [0.25, 0.3) is 5.65 Å². The van der Waals surface area contributed by atoms with Gasteiger partial charge < -0.3 is 14.8 Å². The fourth-order valence-corrected chi connectivity index (χ4v) is 2.94. The number of nitrogens with one attached hydrogen (secondary N) is 1. The highest BCUT2D eigenvalue weighted by Gasteiger charge is 2.19. The van der Waals surface area contributed by atoms with E-state index in [4.69, 9.17) is 32.7 Å². The SMILES string of the molecule is COc1cc(NC(=O)c2c(C)nc3ccc(Cl)cn23)c(OC)cc1Cl. The maximum Gasteiger partial charge on any atom is 0.274 e. The van der Waals surface area contributed by atoms with Crippen LogP contribution in [0.15, 0.2) is 30.5 Å². The van der Waals surface area contributed by atoms with E-state index in [-0.39, 0.29) is 5.91 Å². The molecule has 25 heavy (non-hydrogen) atoms. The Hall–Kier alpha value is -2.44. The highest BCUT2D eigenvalue weighted by molar-refractivity contribution is 6.32. The molecule has 0 saturated carbocycles. The van der Waals surface area contributed by atoms with Gasteiger partial charge in [-0.2, -0.15) is 0 Å². The number of aryl methyl sites for hydroxylation is 1. The van der Waals surface area contributed by atoms with Gasteiger partial charge in [-0.25, -0.2) is 4.98 Å². The topological polar surface area (TPSA) is 64.9 Å². The summed E-state index contributed by atoms with van der Waals surface area (Å²) >= 11 is 12.1. The number of hydrogen-bond acceptors (Lipinski definition) is 4. The molecule has 1 amide bonds. The Morgan fingerprint density at radius 3 is 2.56 bits per heavy atom. The quantitative estimate of drug-likeness (QED) is 0.736. The van der Waals surface area contributed by atoms with Crippen LogP contribution >= 0.6 is 23.2 Å². The van der Waals surface area contributed by atoms with Crippen LogP contribution < -0.4 is 14.8 Å². The summed E-state index contributed by atoms with van der Waals surface area (Å²) in [6.07, 6.45) is 1.64. The number of hydrogen-bond donors (Lipinski definition) is 1. The zero-order valence-electron chi connectivity index (χ0n) is 13.8. The van der Waals surface area contributed by atoms with E-state index in [2.05, 4.69) is 10.3 Å². The van der Waals surface area contributed by atoms with Crippen LogP contribution in [0.3, 0.4) is 0 Å². The van der Waals surface area contributed by atoms with Gasteiger partial charge in [0.25, 0.3) is 5.91 Å². The van der Waals surface area contributed by atoms with Crippen LogP contribution in [0, 0.1) is 6.92 Å². The number of nitrogens with zero attached hydrogens (tertiary/aromatic N) is 2. The number of amides is 1. The number of aromatic nitrogens is 2. The van der Waals surface area contributed by atoms with Gasteiger partial charge in [-0.15, -0.1) is 0 Å². The molecule has 0 fully saturated rings. The van der Waals surface area contributed by atoms with Crippen molar-refractivity contribution < 1.29 is 14.3 Å². The first kappa shape index (κ1) is 17.4. The molecule has 0 aliphatic carbocycles. The summed E-state index contributed by atoms with van der Waals surface area (Å²) in [4.78, 5) is 17.2. The first-order valence-corrected chi connectivity index (χ1v) is 8.07. The summed E-state index contributed by atoms with van der Waals surface area (Å²) in [6.45, 7) is 1.76. The van der Waals surface area contributed by atoms with E-state index in [9.17, 15) is 4.79 Å². The van der Waals surface area contributed by atoms with Crippen molar-refractivity contribution in [3.05, 3.63) is 51.9 Å². The van der Waals surface area contributed by atoms with Crippen LogP contribution in [-0.4, -0.2) is 29.5 Å². The van der Waals surface area contributed by atoms with E-state index >= 15 is 0 Å². The number of benzene rings is 1. The molecule has 0 saturated heterocycles. The first-order chi connectivity index (χ1) is 11.9. The molecule has 2 heterocycles. The lowest BCUT2D eigenvalue weighted by Crippen LogP contribution is -2.16. The second kappa shape index (κ2) is 6.82. The van der Waals surface area contributed by atoms with E-state index in [1.165, 1.54) is 14.2 Å². The van der Waals surface area contributed by atoms with Crippen LogP contribution in [-0.2, 0) is 0 Å². The molecule has 0 aliphatic heterocycles. The number of rotatable bonds is 4. The third-order valence-electron chi connectivity index (χ3n) is 3.69. The fourth-order valence-electron chi connectivity index (χ4n) is 2.55. The Balaban J connectivity index is 2.04. The monoisotopic (exact) mass is 379 g/mol. The van der Waals surface area contributed by atoms with E-state index in [1.54, 1.807) is 41.8 Å². The Labute approximate surface area is 154 Å². The molecule has 2 aromatic heterocycles. The normalized spacial score (nSPS) is 10.8. The summed E-state index contributed by atoms with van der Waals surface area (Å²) in [5, 5.41) is 3.70. The smallest absolute Gasteiger partial charge is 0.274 e. The van der Waals surface area contributed by atoms with Gasteiger partial charge >= 0.3 is 0 Å². The van der Waals surface area contributed by atoms with Crippen molar-refractivity contribution in [3.8, 4) is 11.5 Å². The molecule has 0 atom stereocenters. The van der Waals surface area contributed by atoms with E-state index in [0.29, 0.717) is 44.3 Å². The second-order valence-electron chi connectivity index (χ2n) is 5.26. The van der Waals surface area contributed by atoms with E-state index < -0.39 is 0 Å². The summed E-state index contributed by atoms with van der Waals surface area (Å²) in [5.74, 6) is 0.495. The van der Waals surface area contributed by atoms with E-state index in [1.807, 2.05) is 0 Å². The maximum absolute atomic E-state index is 12.8. The number of methoxy groups -OCH3 is 2.